The molecule has 0 saturated carbocycles. The average molecular weight is 666 g/mol. The quantitative estimate of drug-likeness (QED) is 0.166. The number of anilines is 1. The maximum atomic E-state index is 14.3. The Hall–Kier alpha value is -4.35. The number of nitrogens with zero attached hydrogens (tertiary/aromatic N) is 5. The van der Waals surface area contributed by atoms with Crippen molar-refractivity contribution in [2.75, 3.05) is 30.9 Å². The molecule has 11 heteroatoms. The third-order valence-electron chi connectivity index (χ3n) is 10.0. The molecule has 0 bridgehead atoms. The van der Waals surface area contributed by atoms with E-state index in [4.69, 9.17) is 9.51 Å². The number of carbonyl (C=O) groups excluding carboxylic acids is 1. The Bertz CT molecular complexity index is 2030. The molecule has 250 valence electrons. The first-order valence-electron chi connectivity index (χ1n) is 16.9. The highest BCUT2D eigenvalue weighted by Crippen LogP contribution is 2.36. The summed E-state index contributed by atoms with van der Waals surface area (Å²) in [4.78, 5) is 35.6. The highest BCUT2D eigenvalue weighted by atomic mass is 32.2. The van der Waals surface area contributed by atoms with E-state index in [1.807, 2.05) is 54.5 Å². The number of unbranched alkanes of at least 4 members (excludes halogenated alkanes) is 1. The van der Waals surface area contributed by atoms with Crippen LogP contribution in [0.15, 0.2) is 68.9 Å². The van der Waals surface area contributed by atoms with E-state index in [-0.39, 0.29) is 23.3 Å². The highest BCUT2D eigenvalue weighted by Gasteiger charge is 2.46. The molecule has 7 rings (SSSR count). The summed E-state index contributed by atoms with van der Waals surface area (Å²) in [6.45, 7) is 11.8. The molecule has 2 aromatic carbocycles. The fourth-order valence-electron chi connectivity index (χ4n) is 7.02. The van der Waals surface area contributed by atoms with Crippen molar-refractivity contribution in [3.63, 3.8) is 0 Å². The molecule has 2 fully saturated rings. The fourth-order valence-corrected chi connectivity index (χ4v) is 7.84. The number of benzene rings is 2. The van der Waals surface area contributed by atoms with Crippen molar-refractivity contribution in [2.24, 2.45) is 5.41 Å². The molecule has 0 atom stereocenters. The van der Waals surface area contributed by atoms with Crippen molar-refractivity contribution in [3.8, 4) is 5.69 Å². The van der Waals surface area contributed by atoms with E-state index in [1.165, 1.54) is 11.9 Å². The lowest BCUT2D eigenvalue weighted by Crippen LogP contribution is -2.59. The molecule has 5 heterocycles. The number of amides is 1. The number of aromatic nitrogens is 4. The third kappa shape index (κ3) is 6.05. The first-order valence-corrected chi connectivity index (χ1v) is 17.7. The minimum atomic E-state index is -0.116. The van der Waals surface area contributed by atoms with Crippen molar-refractivity contribution in [1.82, 2.24) is 29.5 Å². The minimum Gasteiger partial charge on any atom is -0.359 e. The number of likely N-dealkylation sites (tertiary alicyclic amines) is 1. The number of para-hydroxylation sites is 2. The van der Waals surface area contributed by atoms with Crippen molar-refractivity contribution < 1.29 is 9.32 Å². The number of nitrogens with one attached hydrogen (secondary N) is 2. The molecule has 1 amide bonds. The van der Waals surface area contributed by atoms with Crippen molar-refractivity contribution >= 4 is 34.6 Å². The first kappa shape index (κ1) is 32.2. The standard InChI is InChI=1S/C37H43N7O3S/c1-5-6-15-33-39-25(3)29(18-34(45)42-22-37(23-42)16-17-38-21-37)36(46)44(33)20-27-19-43(30-12-8-7-11-28(27)30)31-13-9-10-14-32(31)48-41-35-24(2)26(4)47-40-35/h7-14,19,38H,5-6,15-18,20-23H2,1-4H3,(H,40,41). The van der Waals surface area contributed by atoms with E-state index in [1.54, 1.807) is 0 Å². The molecule has 0 radical (unpaired) electrons. The highest BCUT2D eigenvalue weighted by molar-refractivity contribution is 8.00. The van der Waals surface area contributed by atoms with Crippen molar-refractivity contribution in [2.45, 2.75) is 71.2 Å². The van der Waals surface area contributed by atoms with Gasteiger partial charge in [0.1, 0.15) is 11.6 Å². The summed E-state index contributed by atoms with van der Waals surface area (Å²) < 4.78 is 12.7. The van der Waals surface area contributed by atoms with Crippen LogP contribution in [0.4, 0.5) is 5.82 Å². The lowest BCUT2D eigenvalue weighted by Gasteiger charge is -2.47. The van der Waals surface area contributed by atoms with E-state index in [0.29, 0.717) is 30.0 Å². The van der Waals surface area contributed by atoms with Crippen LogP contribution >= 0.6 is 11.9 Å². The second-order valence-electron chi connectivity index (χ2n) is 13.4. The fraction of sp³-hybridized carbons (Fsp3) is 0.405. The summed E-state index contributed by atoms with van der Waals surface area (Å²) in [6, 6.07) is 16.5. The number of hydrogen-bond donors (Lipinski definition) is 2. The predicted octanol–water partition coefficient (Wildman–Crippen LogP) is 5.97. The SMILES string of the molecule is CCCCc1nc(C)c(CC(=O)N2CC3(CCNC3)C2)c(=O)n1Cc1cn(-c2ccccc2SNc2noc(C)c2C)c2ccccc12. The largest absolute Gasteiger partial charge is 0.359 e. The van der Waals surface area contributed by atoms with Crippen LogP contribution in [0, 0.1) is 26.2 Å². The Balaban J connectivity index is 1.22. The molecule has 2 aliphatic heterocycles. The van der Waals surface area contributed by atoms with E-state index in [9.17, 15) is 9.59 Å². The van der Waals surface area contributed by atoms with E-state index < -0.39 is 0 Å². The first-order chi connectivity index (χ1) is 23.3. The Morgan fingerprint density at radius 1 is 1.10 bits per heavy atom. The van der Waals surface area contributed by atoms with E-state index in [2.05, 4.69) is 57.1 Å². The predicted molar refractivity (Wildman–Crippen MR) is 190 cm³/mol. The van der Waals surface area contributed by atoms with Gasteiger partial charge in [0.2, 0.25) is 5.91 Å². The summed E-state index contributed by atoms with van der Waals surface area (Å²) in [7, 11) is 0. The summed E-state index contributed by atoms with van der Waals surface area (Å²) in [5, 5.41) is 8.65. The van der Waals surface area contributed by atoms with Crippen LogP contribution in [-0.4, -0.2) is 56.3 Å². The molecule has 2 N–H and O–H groups in total. The Labute approximate surface area is 285 Å². The number of rotatable bonds is 11. The average Bonchev–Trinajstić information content (AvgIpc) is 3.80. The van der Waals surface area contributed by atoms with Gasteiger partial charge < -0.3 is 24.0 Å². The summed E-state index contributed by atoms with van der Waals surface area (Å²) in [5.74, 6) is 2.27. The van der Waals surface area contributed by atoms with Gasteiger partial charge in [-0.15, -0.1) is 0 Å². The zero-order valence-electron chi connectivity index (χ0n) is 28.1. The molecule has 48 heavy (non-hydrogen) atoms. The van der Waals surface area contributed by atoms with Gasteiger partial charge in [-0.3, -0.25) is 14.2 Å². The molecule has 3 aromatic heterocycles. The second-order valence-corrected chi connectivity index (χ2v) is 14.2. The van der Waals surface area contributed by atoms with Crippen LogP contribution in [0.1, 0.15) is 60.2 Å². The monoisotopic (exact) mass is 665 g/mol. The van der Waals surface area contributed by atoms with Gasteiger partial charge >= 0.3 is 0 Å². The maximum Gasteiger partial charge on any atom is 0.257 e. The van der Waals surface area contributed by atoms with Crippen LogP contribution < -0.4 is 15.6 Å². The molecule has 10 nitrogen and oxygen atoms in total. The van der Waals surface area contributed by atoms with Crippen molar-refractivity contribution in [1.29, 1.82) is 0 Å². The van der Waals surface area contributed by atoms with Crippen LogP contribution in [0.25, 0.3) is 16.6 Å². The Morgan fingerprint density at radius 2 is 1.90 bits per heavy atom. The topological polar surface area (TPSA) is 110 Å². The molecular formula is C37H43N7O3S. The molecule has 0 aliphatic carbocycles. The lowest BCUT2D eigenvalue weighted by atomic mass is 9.79. The van der Waals surface area contributed by atoms with Gasteiger partial charge in [-0.25, -0.2) is 4.98 Å². The van der Waals surface area contributed by atoms with Gasteiger partial charge in [0.15, 0.2) is 5.82 Å². The van der Waals surface area contributed by atoms with Gasteiger partial charge in [0.25, 0.3) is 5.56 Å². The van der Waals surface area contributed by atoms with Crippen LogP contribution in [-0.2, 0) is 24.2 Å². The van der Waals surface area contributed by atoms with Crippen LogP contribution in [0.5, 0.6) is 0 Å². The van der Waals surface area contributed by atoms with Crippen LogP contribution in [0.2, 0.25) is 0 Å². The summed E-state index contributed by atoms with van der Waals surface area (Å²) >= 11 is 1.48. The molecule has 0 unspecified atom stereocenters. The second kappa shape index (κ2) is 13.3. The van der Waals surface area contributed by atoms with Gasteiger partial charge in [-0.1, -0.05) is 48.8 Å². The lowest BCUT2D eigenvalue weighted by molar-refractivity contribution is -0.141. The number of fused-ring (bicyclic) bond motifs is 1. The minimum absolute atomic E-state index is 0.0117. The zero-order valence-corrected chi connectivity index (χ0v) is 29.0. The normalized spacial score (nSPS) is 15.4. The number of carbonyl (C=O) groups is 1. The molecule has 5 aromatic rings. The van der Waals surface area contributed by atoms with Gasteiger partial charge in [0, 0.05) is 59.9 Å². The van der Waals surface area contributed by atoms with E-state index >= 15 is 0 Å². The van der Waals surface area contributed by atoms with Gasteiger partial charge in [-0.05, 0) is 75.9 Å². The van der Waals surface area contributed by atoms with E-state index in [0.717, 1.165) is 89.6 Å². The molecule has 2 aliphatic rings. The Kier molecular flexibility index (Phi) is 8.91. The molecule has 2 saturated heterocycles. The molecule has 1 spiro atoms. The zero-order chi connectivity index (χ0) is 33.4. The molecular weight excluding hydrogens is 623 g/mol. The van der Waals surface area contributed by atoms with Gasteiger partial charge in [0.05, 0.1) is 29.1 Å². The van der Waals surface area contributed by atoms with Crippen LogP contribution in [0.3, 0.4) is 0 Å². The number of hydrogen-bond acceptors (Lipinski definition) is 8. The van der Waals surface area contributed by atoms with Crippen molar-refractivity contribution in [3.05, 3.63) is 99.1 Å². The number of aryl methyl sites for hydroxylation is 3. The summed E-state index contributed by atoms with van der Waals surface area (Å²) in [6.07, 6.45) is 5.94. The maximum absolute atomic E-state index is 14.3. The summed E-state index contributed by atoms with van der Waals surface area (Å²) in [5.41, 5.74) is 5.30. The van der Waals surface area contributed by atoms with Gasteiger partial charge in [-0.2, -0.15) is 0 Å². The Morgan fingerprint density at radius 3 is 2.65 bits per heavy atom. The smallest absolute Gasteiger partial charge is 0.257 e. The third-order valence-corrected chi connectivity index (χ3v) is 10.9.